The first-order chi connectivity index (χ1) is 10.2. The highest BCUT2D eigenvalue weighted by atomic mass is 16.5. The van der Waals surface area contributed by atoms with E-state index >= 15 is 0 Å². The Morgan fingerprint density at radius 1 is 1.24 bits per heavy atom. The smallest absolute Gasteiger partial charge is 0.151 e. The molecule has 1 heterocycles. The Hall–Kier alpha value is -1.65. The second-order valence-corrected chi connectivity index (χ2v) is 5.88. The van der Waals surface area contributed by atoms with Crippen LogP contribution >= 0.6 is 0 Å². The summed E-state index contributed by atoms with van der Waals surface area (Å²) in [5.41, 5.74) is 1.93. The molecule has 0 amide bonds. The maximum atomic E-state index is 10.1. The van der Waals surface area contributed by atoms with Gasteiger partial charge in [0.2, 0.25) is 0 Å². The fraction of sp³-hybridized carbons (Fsp3) is 0.471. The van der Waals surface area contributed by atoms with Crippen LogP contribution in [-0.4, -0.2) is 34.4 Å². The number of aliphatic hydroxyl groups excluding tert-OH is 1. The van der Waals surface area contributed by atoms with Crippen molar-refractivity contribution in [1.29, 1.82) is 0 Å². The van der Waals surface area contributed by atoms with Gasteiger partial charge in [0.15, 0.2) is 5.76 Å². The van der Waals surface area contributed by atoms with Gasteiger partial charge in [0, 0.05) is 17.7 Å². The third-order valence-corrected chi connectivity index (χ3v) is 4.29. The molecule has 0 bridgehead atoms. The largest absolute Gasteiger partial charge is 0.391 e. The lowest BCUT2D eigenvalue weighted by molar-refractivity contribution is 0.0255. The van der Waals surface area contributed by atoms with E-state index in [-0.39, 0.29) is 12.1 Å². The third-order valence-electron chi connectivity index (χ3n) is 4.29. The van der Waals surface area contributed by atoms with Crippen LogP contribution in [0.25, 0.3) is 11.3 Å². The van der Waals surface area contributed by atoms with Crippen molar-refractivity contribution in [3.63, 3.8) is 0 Å². The van der Waals surface area contributed by atoms with Gasteiger partial charge in [0.1, 0.15) is 5.69 Å². The lowest BCUT2D eigenvalue weighted by atomic mass is 9.91. The Bertz CT molecular complexity index is 567. The number of hydrogen-bond acceptors (Lipinski definition) is 4. The topological polar surface area (TPSA) is 49.5 Å². The molecule has 2 unspecified atom stereocenters. The highest BCUT2D eigenvalue weighted by Crippen LogP contribution is 2.25. The maximum absolute atomic E-state index is 10.1. The van der Waals surface area contributed by atoms with Crippen molar-refractivity contribution in [2.24, 2.45) is 0 Å². The van der Waals surface area contributed by atoms with Crippen LogP contribution in [-0.2, 0) is 6.54 Å². The molecular formula is C17H22N2O2. The van der Waals surface area contributed by atoms with Crippen molar-refractivity contribution < 1.29 is 9.63 Å². The third kappa shape index (κ3) is 3.34. The molecule has 1 fully saturated rings. The van der Waals surface area contributed by atoms with Gasteiger partial charge < -0.3 is 9.63 Å². The van der Waals surface area contributed by atoms with E-state index < -0.39 is 0 Å². The van der Waals surface area contributed by atoms with Gasteiger partial charge in [0.25, 0.3) is 0 Å². The number of rotatable bonds is 4. The molecule has 4 nitrogen and oxygen atoms in total. The van der Waals surface area contributed by atoms with Gasteiger partial charge in [-0.2, -0.15) is 0 Å². The standard InChI is InChI=1S/C17H22N2O2/c1-19(16-9-5-6-10-17(16)20)12-14-11-15(18-21-14)13-7-3-2-4-8-13/h2-4,7-8,11,16-17,20H,5-6,9-10,12H2,1H3. The average Bonchev–Trinajstić information content (AvgIpc) is 2.97. The van der Waals surface area contributed by atoms with Crippen LogP contribution < -0.4 is 0 Å². The minimum atomic E-state index is -0.222. The monoisotopic (exact) mass is 286 g/mol. The van der Waals surface area contributed by atoms with Gasteiger partial charge in [-0.3, -0.25) is 4.90 Å². The molecule has 2 atom stereocenters. The summed E-state index contributed by atoms with van der Waals surface area (Å²) in [6.45, 7) is 0.682. The van der Waals surface area contributed by atoms with Crippen LogP contribution in [0.1, 0.15) is 31.4 Å². The first kappa shape index (κ1) is 14.3. The molecule has 3 rings (SSSR count). The van der Waals surface area contributed by atoms with Crippen LogP contribution in [0.2, 0.25) is 0 Å². The van der Waals surface area contributed by atoms with Crippen molar-refractivity contribution in [2.45, 2.75) is 44.4 Å². The normalized spacial score (nSPS) is 22.6. The molecule has 112 valence electrons. The second kappa shape index (κ2) is 6.41. The molecule has 1 aliphatic rings. The van der Waals surface area contributed by atoms with Crippen molar-refractivity contribution in [3.05, 3.63) is 42.2 Å². The highest BCUT2D eigenvalue weighted by molar-refractivity contribution is 5.58. The molecule has 0 radical (unpaired) electrons. The lowest BCUT2D eigenvalue weighted by Gasteiger charge is -2.34. The summed E-state index contributed by atoms with van der Waals surface area (Å²) < 4.78 is 5.44. The van der Waals surface area contributed by atoms with Crippen LogP contribution in [0, 0.1) is 0 Å². The zero-order valence-electron chi connectivity index (χ0n) is 12.4. The summed E-state index contributed by atoms with van der Waals surface area (Å²) in [7, 11) is 2.05. The minimum Gasteiger partial charge on any atom is -0.391 e. The summed E-state index contributed by atoms with van der Waals surface area (Å²) in [5, 5.41) is 14.3. The maximum Gasteiger partial charge on any atom is 0.151 e. The molecule has 1 aromatic carbocycles. The van der Waals surface area contributed by atoms with E-state index in [0.717, 1.165) is 36.3 Å². The minimum absolute atomic E-state index is 0.222. The molecule has 1 aromatic heterocycles. The molecule has 4 heteroatoms. The number of benzene rings is 1. The summed E-state index contributed by atoms with van der Waals surface area (Å²) in [6.07, 6.45) is 4.06. The molecule has 0 saturated heterocycles. The van der Waals surface area contributed by atoms with Crippen molar-refractivity contribution >= 4 is 0 Å². The SMILES string of the molecule is CN(Cc1cc(-c2ccccc2)no1)C1CCCCC1O. The predicted octanol–water partition coefficient (Wildman–Crippen LogP) is 3.08. The summed E-state index contributed by atoms with van der Waals surface area (Å²) in [6, 6.07) is 12.2. The van der Waals surface area contributed by atoms with E-state index in [0.29, 0.717) is 6.54 Å². The molecule has 0 aliphatic heterocycles. The van der Waals surface area contributed by atoms with Gasteiger partial charge in [-0.15, -0.1) is 0 Å². The van der Waals surface area contributed by atoms with Crippen LogP contribution in [0.5, 0.6) is 0 Å². The van der Waals surface area contributed by atoms with Crippen LogP contribution in [0.15, 0.2) is 40.9 Å². The summed E-state index contributed by atoms with van der Waals surface area (Å²) in [4.78, 5) is 2.18. The van der Waals surface area contributed by atoms with Gasteiger partial charge in [-0.05, 0) is 19.9 Å². The van der Waals surface area contributed by atoms with Gasteiger partial charge in [-0.1, -0.05) is 48.3 Å². The Balaban J connectivity index is 1.67. The van der Waals surface area contributed by atoms with Gasteiger partial charge in [-0.25, -0.2) is 0 Å². The predicted molar refractivity (Wildman–Crippen MR) is 81.7 cm³/mol. The van der Waals surface area contributed by atoms with Crippen molar-refractivity contribution in [1.82, 2.24) is 10.1 Å². The van der Waals surface area contributed by atoms with Crippen LogP contribution in [0.4, 0.5) is 0 Å². The summed E-state index contributed by atoms with van der Waals surface area (Å²) in [5.74, 6) is 0.842. The molecule has 2 aromatic rings. The number of aliphatic hydroxyl groups is 1. The van der Waals surface area contributed by atoms with E-state index in [1.807, 2.05) is 43.4 Å². The van der Waals surface area contributed by atoms with E-state index in [2.05, 4.69) is 10.1 Å². The van der Waals surface area contributed by atoms with Gasteiger partial charge >= 0.3 is 0 Å². The number of likely N-dealkylation sites (N-methyl/N-ethyl adjacent to an activating group) is 1. The quantitative estimate of drug-likeness (QED) is 0.938. The first-order valence-electron chi connectivity index (χ1n) is 7.63. The number of hydrogen-bond donors (Lipinski definition) is 1. The van der Waals surface area contributed by atoms with E-state index in [1.165, 1.54) is 6.42 Å². The zero-order valence-corrected chi connectivity index (χ0v) is 12.4. The summed E-state index contributed by atoms with van der Waals surface area (Å²) >= 11 is 0. The van der Waals surface area contributed by atoms with Crippen LogP contribution in [0.3, 0.4) is 0 Å². The molecular weight excluding hydrogens is 264 g/mol. The van der Waals surface area contributed by atoms with Crippen molar-refractivity contribution in [2.75, 3.05) is 7.05 Å². The highest BCUT2D eigenvalue weighted by Gasteiger charge is 2.27. The average molecular weight is 286 g/mol. The molecule has 0 spiro atoms. The van der Waals surface area contributed by atoms with E-state index in [9.17, 15) is 5.11 Å². The Kier molecular flexibility index (Phi) is 4.36. The number of aromatic nitrogens is 1. The molecule has 21 heavy (non-hydrogen) atoms. The Morgan fingerprint density at radius 2 is 2.00 bits per heavy atom. The Morgan fingerprint density at radius 3 is 2.76 bits per heavy atom. The van der Waals surface area contributed by atoms with Gasteiger partial charge in [0.05, 0.1) is 12.6 Å². The number of nitrogens with zero attached hydrogens (tertiary/aromatic N) is 2. The first-order valence-corrected chi connectivity index (χ1v) is 7.63. The zero-order chi connectivity index (χ0) is 14.7. The van der Waals surface area contributed by atoms with Crippen molar-refractivity contribution in [3.8, 4) is 11.3 Å². The second-order valence-electron chi connectivity index (χ2n) is 5.88. The fourth-order valence-electron chi connectivity index (χ4n) is 3.10. The fourth-order valence-corrected chi connectivity index (χ4v) is 3.10. The van der Waals surface area contributed by atoms with E-state index in [1.54, 1.807) is 0 Å². The molecule has 1 saturated carbocycles. The lowest BCUT2D eigenvalue weighted by Crippen LogP contribution is -2.42. The Labute approximate surface area is 125 Å². The molecule has 1 N–H and O–H groups in total. The van der Waals surface area contributed by atoms with E-state index in [4.69, 9.17) is 4.52 Å². The molecule has 1 aliphatic carbocycles.